The third-order valence-corrected chi connectivity index (χ3v) is 1.49. The van der Waals surface area contributed by atoms with Gasteiger partial charge in [-0.25, -0.2) is 0 Å². The predicted molar refractivity (Wildman–Crippen MR) is 45.4 cm³/mol. The summed E-state index contributed by atoms with van der Waals surface area (Å²) in [6.07, 6.45) is 4.37. The fourth-order valence-corrected chi connectivity index (χ4v) is 0.749. The van der Waals surface area contributed by atoms with Crippen molar-refractivity contribution in [2.75, 3.05) is 0 Å². The Balaban J connectivity index is 3.97. The maximum atomic E-state index is 10.5. The van der Waals surface area contributed by atoms with E-state index in [0.717, 1.165) is 0 Å². The van der Waals surface area contributed by atoms with E-state index >= 15 is 0 Å². The van der Waals surface area contributed by atoms with Crippen LogP contribution in [0.1, 0.15) is 27.2 Å². The van der Waals surface area contributed by atoms with Crippen molar-refractivity contribution in [2.24, 2.45) is 11.8 Å². The zero-order chi connectivity index (χ0) is 8.85. The molecule has 64 valence electrons. The van der Waals surface area contributed by atoms with Crippen LogP contribution in [-0.4, -0.2) is 11.1 Å². The van der Waals surface area contributed by atoms with Crippen molar-refractivity contribution in [1.82, 2.24) is 0 Å². The topological polar surface area (TPSA) is 37.3 Å². The second kappa shape index (κ2) is 4.94. The average molecular weight is 156 g/mol. The quantitative estimate of drug-likeness (QED) is 0.634. The molecule has 0 aliphatic rings. The van der Waals surface area contributed by atoms with E-state index in [0.29, 0.717) is 12.3 Å². The Morgan fingerprint density at radius 2 is 2.00 bits per heavy atom. The molecule has 0 heterocycles. The van der Waals surface area contributed by atoms with Gasteiger partial charge in [-0.1, -0.05) is 32.9 Å². The van der Waals surface area contributed by atoms with Crippen LogP contribution in [-0.2, 0) is 4.79 Å². The van der Waals surface area contributed by atoms with E-state index in [1.54, 1.807) is 6.08 Å². The minimum Gasteiger partial charge on any atom is -0.481 e. The Hall–Kier alpha value is -0.790. The summed E-state index contributed by atoms with van der Waals surface area (Å²) in [6, 6.07) is 0. The first-order valence-corrected chi connectivity index (χ1v) is 3.99. The van der Waals surface area contributed by atoms with Crippen LogP contribution in [0.15, 0.2) is 12.2 Å². The fourth-order valence-electron chi connectivity index (χ4n) is 0.749. The van der Waals surface area contributed by atoms with Crippen LogP contribution in [0.4, 0.5) is 0 Å². The minimum atomic E-state index is -0.732. The normalized spacial score (nSPS) is 14.2. The average Bonchev–Trinajstić information content (AvgIpc) is 1.87. The fraction of sp³-hybridized carbons (Fsp3) is 0.667. The highest BCUT2D eigenvalue weighted by Crippen LogP contribution is 2.06. The minimum absolute atomic E-state index is 0.308. The van der Waals surface area contributed by atoms with Crippen molar-refractivity contribution in [2.45, 2.75) is 27.2 Å². The Morgan fingerprint density at radius 1 is 1.45 bits per heavy atom. The van der Waals surface area contributed by atoms with E-state index in [9.17, 15) is 4.79 Å². The SMILES string of the molecule is CC[C@@H](/C=C/C(C)C)C(=O)O. The first-order chi connectivity index (χ1) is 5.07. The van der Waals surface area contributed by atoms with E-state index in [2.05, 4.69) is 0 Å². The number of carboxylic acids is 1. The molecule has 11 heavy (non-hydrogen) atoms. The number of allylic oxidation sites excluding steroid dienone is 1. The van der Waals surface area contributed by atoms with Crippen LogP contribution in [0.2, 0.25) is 0 Å². The second-order valence-corrected chi connectivity index (χ2v) is 2.98. The smallest absolute Gasteiger partial charge is 0.310 e. The molecule has 0 aliphatic carbocycles. The molecular weight excluding hydrogens is 140 g/mol. The highest BCUT2D eigenvalue weighted by atomic mass is 16.4. The molecule has 0 aliphatic heterocycles. The van der Waals surface area contributed by atoms with Gasteiger partial charge in [0.15, 0.2) is 0 Å². The number of hydrogen-bond acceptors (Lipinski definition) is 1. The lowest BCUT2D eigenvalue weighted by Crippen LogP contribution is -2.09. The zero-order valence-electron chi connectivity index (χ0n) is 7.37. The van der Waals surface area contributed by atoms with Crippen molar-refractivity contribution < 1.29 is 9.90 Å². The van der Waals surface area contributed by atoms with Crippen LogP contribution in [0.3, 0.4) is 0 Å². The molecule has 2 heteroatoms. The Labute approximate surface area is 67.9 Å². The van der Waals surface area contributed by atoms with Gasteiger partial charge in [0.2, 0.25) is 0 Å². The lowest BCUT2D eigenvalue weighted by molar-refractivity contribution is -0.140. The summed E-state index contributed by atoms with van der Waals surface area (Å²) < 4.78 is 0. The van der Waals surface area contributed by atoms with Crippen LogP contribution in [0, 0.1) is 11.8 Å². The number of aliphatic carboxylic acids is 1. The summed E-state index contributed by atoms with van der Waals surface area (Å²) in [7, 11) is 0. The molecule has 0 unspecified atom stereocenters. The van der Waals surface area contributed by atoms with Gasteiger partial charge in [-0.3, -0.25) is 4.79 Å². The van der Waals surface area contributed by atoms with Gasteiger partial charge in [0.1, 0.15) is 0 Å². The molecule has 0 fully saturated rings. The van der Waals surface area contributed by atoms with Gasteiger partial charge in [0, 0.05) is 0 Å². The van der Waals surface area contributed by atoms with Crippen LogP contribution in [0.5, 0.6) is 0 Å². The van der Waals surface area contributed by atoms with Crippen molar-refractivity contribution in [3.05, 3.63) is 12.2 Å². The first-order valence-electron chi connectivity index (χ1n) is 3.99. The van der Waals surface area contributed by atoms with Crippen molar-refractivity contribution in [3.8, 4) is 0 Å². The van der Waals surface area contributed by atoms with E-state index < -0.39 is 5.97 Å². The first kappa shape index (κ1) is 10.2. The van der Waals surface area contributed by atoms with E-state index in [4.69, 9.17) is 5.11 Å². The molecule has 0 aromatic rings. The molecule has 0 aromatic heterocycles. The molecule has 0 radical (unpaired) electrons. The van der Waals surface area contributed by atoms with Crippen molar-refractivity contribution in [1.29, 1.82) is 0 Å². The zero-order valence-corrected chi connectivity index (χ0v) is 7.37. The molecule has 0 spiro atoms. The monoisotopic (exact) mass is 156 g/mol. The molecule has 1 atom stereocenters. The predicted octanol–water partition coefficient (Wildman–Crippen LogP) is 2.31. The van der Waals surface area contributed by atoms with Gasteiger partial charge < -0.3 is 5.11 Å². The molecule has 0 bridgehead atoms. The largest absolute Gasteiger partial charge is 0.481 e. The Kier molecular flexibility index (Phi) is 4.59. The maximum Gasteiger partial charge on any atom is 0.310 e. The van der Waals surface area contributed by atoms with Crippen LogP contribution >= 0.6 is 0 Å². The third kappa shape index (κ3) is 4.59. The van der Waals surface area contributed by atoms with Crippen molar-refractivity contribution >= 4 is 5.97 Å². The van der Waals surface area contributed by atoms with Crippen LogP contribution in [0.25, 0.3) is 0 Å². The summed E-state index contributed by atoms with van der Waals surface area (Å²) >= 11 is 0. The highest BCUT2D eigenvalue weighted by molar-refractivity contribution is 5.71. The Bertz CT molecular complexity index is 148. The molecule has 0 saturated carbocycles. The maximum absolute atomic E-state index is 10.5. The molecule has 0 rings (SSSR count). The lowest BCUT2D eigenvalue weighted by Gasteiger charge is -2.02. The second-order valence-electron chi connectivity index (χ2n) is 2.98. The molecular formula is C9H16O2. The van der Waals surface area contributed by atoms with Gasteiger partial charge in [0.05, 0.1) is 5.92 Å². The summed E-state index contributed by atoms with van der Waals surface area (Å²) in [5, 5.41) is 8.63. The van der Waals surface area contributed by atoms with Gasteiger partial charge in [-0.15, -0.1) is 0 Å². The number of carboxylic acid groups (broad SMARTS) is 1. The highest BCUT2D eigenvalue weighted by Gasteiger charge is 2.09. The third-order valence-electron chi connectivity index (χ3n) is 1.49. The van der Waals surface area contributed by atoms with Gasteiger partial charge >= 0.3 is 5.97 Å². The molecule has 2 nitrogen and oxygen atoms in total. The van der Waals surface area contributed by atoms with E-state index in [-0.39, 0.29) is 5.92 Å². The number of hydrogen-bond donors (Lipinski definition) is 1. The molecule has 0 aromatic carbocycles. The molecule has 0 amide bonds. The summed E-state index contributed by atoms with van der Waals surface area (Å²) in [4.78, 5) is 10.5. The number of rotatable bonds is 4. The van der Waals surface area contributed by atoms with Crippen LogP contribution < -0.4 is 0 Å². The summed E-state index contributed by atoms with van der Waals surface area (Å²) in [5.74, 6) is -0.606. The van der Waals surface area contributed by atoms with E-state index in [1.807, 2.05) is 26.8 Å². The standard InChI is InChI=1S/C9H16O2/c1-4-8(9(10)11)6-5-7(2)3/h5-8H,4H2,1-3H3,(H,10,11)/b6-5+/t8-/m0/s1. The van der Waals surface area contributed by atoms with Crippen molar-refractivity contribution in [3.63, 3.8) is 0 Å². The molecule has 0 saturated heterocycles. The Morgan fingerprint density at radius 3 is 2.27 bits per heavy atom. The van der Waals surface area contributed by atoms with Gasteiger partial charge in [0.25, 0.3) is 0 Å². The summed E-state index contributed by atoms with van der Waals surface area (Å²) in [6.45, 7) is 5.94. The number of carbonyl (C=O) groups is 1. The lowest BCUT2D eigenvalue weighted by atomic mass is 10.0. The van der Waals surface area contributed by atoms with Gasteiger partial charge in [-0.05, 0) is 12.3 Å². The van der Waals surface area contributed by atoms with E-state index in [1.165, 1.54) is 0 Å². The van der Waals surface area contributed by atoms with Gasteiger partial charge in [-0.2, -0.15) is 0 Å². The summed E-state index contributed by atoms with van der Waals surface area (Å²) in [5.41, 5.74) is 0. The molecule has 1 N–H and O–H groups in total.